The van der Waals surface area contributed by atoms with Crippen molar-refractivity contribution in [3.05, 3.63) is 57.6 Å². The van der Waals surface area contributed by atoms with Gasteiger partial charge in [-0.15, -0.1) is 6.42 Å². The maximum Gasteiger partial charge on any atom is 0.0246 e. The minimum Gasteiger partial charge on any atom is -0.115 e. The number of rotatable bonds is 14. The maximum absolute atomic E-state index is 5.84. The molecule has 0 atom stereocenters. The van der Waals surface area contributed by atoms with Crippen molar-refractivity contribution < 1.29 is 0 Å². The largest absolute Gasteiger partial charge is 0.115 e. The van der Waals surface area contributed by atoms with Crippen LogP contribution in [0.3, 0.4) is 0 Å². The Bertz CT molecular complexity index is 885. The molecule has 0 fully saturated rings. The Hall–Kier alpha value is -1.52. The van der Waals surface area contributed by atoms with E-state index in [0.717, 1.165) is 5.56 Å². The van der Waals surface area contributed by atoms with Crippen molar-refractivity contribution in [1.29, 1.82) is 0 Å². The standard InChI is InChI=1S/C31H41Br/c1-4-7-9-11-13-15-21-31(22-16-14-12-10-8-5-2)29-23-25(6-3)17-19-27(29)28-20-18-26(32)24-30(28)31/h3,17-20,23-24H,4-5,7-16,21-22H2,1-2H3. The van der Waals surface area contributed by atoms with Crippen LogP contribution < -0.4 is 0 Å². The van der Waals surface area contributed by atoms with E-state index in [1.165, 1.54) is 117 Å². The number of terminal acetylenes is 1. The van der Waals surface area contributed by atoms with E-state index in [4.69, 9.17) is 6.42 Å². The highest BCUT2D eigenvalue weighted by molar-refractivity contribution is 9.10. The first kappa shape index (κ1) is 25.1. The molecule has 0 aromatic heterocycles. The van der Waals surface area contributed by atoms with Crippen molar-refractivity contribution in [2.45, 2.75) is 109 Å². The van der Waals surface area contributed by atoms with Crippen molar-refractivity contribution in [3.63, 3.8) is 0 Å². The SMILES string of the molecule is C#Cc1ccc2c(c1)C(CCCCCCCC)(CCCCCCCC)c1cc(Br)ccc1-2. The number of fused-ring (bicyclic) bond motifs is 3. The predicted molar refractivity (Wildman–Crippen MR) is 144 cm³/mol. The van der Waals surface area contributed by atoms with Crippen LogP contribution in [0.2, 0.25) is 0 Å². The van der Waals surface area contributed by atoms with Crippen LogP contribution in [0, 0.1) is 12.3 Å². The van der Waals surface area contributed by atoms with Gasteiger partial charge < -0.3 is 0 Å². The van der Waals surface area contributed by atoms with Gasteiger partial charge in [0.15, 0.2) is 0 Å². The molecule has 2 aromatic rings. The highest BCUT2D eigenvalue weighted by Gasteiger charge is 2.42. The van der Waals surface area contributed by atoms with E-state index >= 15 is 0 Å². The Morgan fingerprint density at radius 3 is 1.75 bits per heavy atom. The van der Waals surface area contributed by atoms with E-state index in [-0.39, 0.29) is 5.41 Å². The molecule has 0 spiro atoms. The van der Waals surface area contributed by atoms with Gasteiger partial charge in [-0.3, -0.25) is 0 Å². The van der Waals surface area contributed by atoms with E-state index in [1.807, 2.05) is 0 Å². The third kappa shape index (κ3) is 5.88. The molecule has 0 saturated carbocycles. The number of benzene rings is 2. The lowest BCUT2D eigenvalue weighted by atomic mass is 9.70. The second kappa shape index (κ2) is 12.6. The van der Waals surface area contributed by atoms with E-state index < -0.39 is 0 Å². The molecule has 172 valence electrons. The quantitative estimate of drug-likeness (QED) is 0.181. The normalized spacial score (nSPS) is 13.6. The first-order chi connectivity index (χ1) is 15.7. The molecule has 1 aliphatic carbocycles. The van der Waals surface area contributed by atoms with Gasteiger partial charge in [-0.25, -0.2) is 0 Å². The summed E-state index contributed by atoms with van der Waals surface area (Å²) in [6.45, 7) is 4.59. The van der Waals surface area contributed by atoms with Crippen molar-refractivity contribution in [3.8, 4) is 23.5 Å². The molecule has 0 radical (unpaired) electrons. The zero-order chi connectivity index (χ0) is 22.8. The van der Waals surface area contributed by atoms with E-state index in [2.05, 4.69) is 72.1 Å². The number of halogens is 1. The molecule has 2 aromatic carbocycles. The highest BCUT2D eigenvalue weighted by Crippen LogP contribution is 2.55. The summed E-state index contributed by atoms with van der Waals surface area (Å²) in [7, 11) is 0. The molecular weight excluding hydrogens is 452 g/mol. The lowest BCUT2D eigenvalue weighted by Gasteiger charge is -2.33. The van der Waals surface area contributed by atoms with Gasteiger partial charge >= 0.3 is 0 Å². The fourth-order valence-electron chi connectivity index (χ4n) is 5.64. The minimum absolute atomic E-state index is 0.108. The van der Waals surface area contributed by atoms with E-state index in [9.17, 15) is 0 Å². The second-order valence-corrected chi connectivity index (χ2v) is 10.6. The Kier molecular flexibility index (Phi) is 9.92. The number of unbranched alkanes of at least 4 members (excludes halogenated alkanes) is 10. The van der Waals surface area contributed by atoms with Gasteiger partial charge in [0.1, 0.15) is 0 Å². The van der Waals surface area contributed by atoms with Crippen LogP contribution in [0.1, 0.15) is 120 Å². The monoisotopic (exact) mass is 492 g/mol. The average Bonchev–Trinajstić information content (AvgIpc) is 3.07. The molecule has 0 unspecified atom stereocenters. The smallest absolute Gasteiger partial charge is 0.0246 e. The van der Waals surface area contributed by atoms with Crippen molar-refractivity contribution in [1.82, 2.24) is 0 Å². The first-order valence-corrected chi connectivity index (χ1v) is 13.9. The minimum atomic E-state index is 0.108. The highest BCUT2D eigenvalue weighted by atomic mass is 79.9. The van der Waals surface area contributed by atoms with Crippen molar-refractivity contribution in [2.75, 3.05) is 0 Å². The van der Waals surface area contributed by atoms with Crippen LogP contribution in [0.25, 0.3) is 11.1 Å². The summed E-state index contributed by atoms with van der Waals surface area (Å²) in [5.41, 5.74) is 6.97. The summed E-state index contributed by atoms with van der Waals surface area (Å²) in [4.78, 5) is 0. The Labute approximate surface area is 205 Å². The van der Waals surface area contributed by atoms with Gasteiger partial charge in [-0.1, -0.05) is 125 Å². The van der Waals surface area contributed by atoms with Gasteiger partial charge in [0.2, 0.25) is 0 Å². The molecule has 1 aliphatic rings. The molecule has 0 aliphatic heterocycles. The number of hydrogen-bond donors (Lipinski definition) is 0. The molecule has 3 rings (SSSR count). The summed E-state index contributed by atoms with van der Waals surface area (Å²) < 4.78 is 1.19. The van der Waals surface area contributed by atoms with E-state index in [1.54, 1.807) is 0 Å². The van der Waals surface area contributed by atoms with Crippen LogP contribution in [-0.2, 0) is 5.41 Å². The Morgan fingerprint density at radius 1 is 0.688 bits per heavy atom. The summed E-state index contributed by atoms with van der Waals surface area (Å²) in [6, 6.07) is 13.6. The molecule has 0 heterocycles. The zero-order valence-electron chi connectivity index (χ0n) is 20.3. The lowest BCUT2D eigenvalue weighted by molar-refractivity contribution is 0.397. The van der Waals surface area contributed by atoms with Gasteiger partial charge in [-0.2, -0.15) is 0 Å². The van der Waals surface area contributed by atoms with Crippen molar-refractivity contribution >= 4 is 15.9 Å². The Balaban J connectivity index is 1.89. The third-order valence-corrected chi connectivity index (χ3v) is 7.90. The predicted octanol–water partition coefficient (Wildman–Crippen LogP) is 10.2. The fraction of sp³-hybridized carbons (Fsp3) is 0.548. The topological polar surface area (TPSA) is 0 Å². The summed E-state index contributed by atoms with van der Waals surface area (Å²) in [5.74, 6) is 2.90. The second-order valence-electron chi connectivity index (χ2n) is 9.71. The Morgan fingerprint density at radius 2 is 1.19 bits per heavy atom. The third-order valence-electron chi connectivity index (χ3n) is 7.40. The summed E-state index contributed by atoms with van der Waals surface area (Å²) in [5, 5.41) is 0. The van der Waals surface area contributed by atoms with Gasteiger partial charge in [-0.05, 0) is 59.4 Å². The van der Waals surface area contributed by atoms with Crippen LogP contribution >= 0.6 is 15.9 Å². The maximum atomic E-state index is 5.84. The molecule has 0 N–H and O–H groups in total. The van der Waals surface area contributed by atoms with Crippen LogP contribution in [0.15, 0.2) is 40.9 Å². The molecule has 1 heteroatoms. The summed E-state index contributed by atoms with van der Waals surface area (Å²) >= 11 is 3.78. The molecule has 0 nitrogen and oxygen atoms in total. The molecule has 0 saturated heterocycles. The van der Waals surface area contributed by atoms with Crippen LogP contribution in [0.4, 0.5) is 0 Å². The van der Waals surface area contributed by atoms with Crippen LogP contribution in [-0.4, -0.2) is 0 Å². The molecule has 0 amide bonds. The number of hydrogen-bond acceptors (Lipinski definition) is 0. The van der Waals surface area contributed by atoms with Gasteiger partial charge in [0, 0.05) is 15.5 Å². The van der Waals surface area contributed by atoms with Gasteiger partial charge in [0.05, 0.1) is 0 Å². The molecule has 0 bridgehead atoms. The lowest BCUT2D eigenvalue weighted by Crippen LogP contribution is -2.25. The fourth-order valence-corrected chi connectivity index (χ4v) is 6.00. The molecular formula is C31H41Br. The van der Waals surface area contributed by atoms with E-state index in [0.29, 0.717) is 0 Å². The van der Waals surface area contributed by atoms with Gasteiger partial charge in [0.25, 0.3) is 0 Å². The van der Waals surface area contributed by atoms with Crippen LogP contribution in [0.5, 0.6) is 0 Å². The van der Waals surface area contributed by atoms with Crippen molar-refractivity contribution in [2.24, 2.45) is 0 Å². The summed E-state index contributed by atoms with van der Waals surface area (Å²) in [6.07, 6.45) is 24.4. The zero-order valence-corrected chi connectivity index (χ0v) is 21.9. The molecule has 32 heavy (non-hydrogen) atoms. The average molecular weight is 494 g/mol. The first-order valence-electron chi connectivity index (χ1n) is 13.1.